The number of hydrogen-bond donors (Lipinski definition) is 1. The van der Waals surface area contributed by atoms with Crippen molar-refractivity contribution in [1.82, 2.24) is 4.90 Å². The monoisotopic (exact) mass is 184 g/mol. The van der Waals surface area contributed by atoms with Crippen LogP contribution in [0, 0.1) is 0 Å². The molecule has 0 aliphatic carbocycles. The van der Waals surface area contributed by atoms with E-state index in [0.717, 1.165) is 0 Å². The van der Waals surface area contributed by atoms with Crippen LogP contribution < -0.4 is 5.73 Å². The Bertz CT molecular complexity index is 154. The smallest absolute Gasteiger partial charge is 0.0304 e. The Balaban J connectivity index is 2.34. The minimum Gasteiger partial charge on any atom is -0.326 e. The molecule has 2 N–H and O–H groups in total. The van der Waals surface area contributed by atoms with Crippen LogP contribution in [0.3, 0.4) is 0 Å². The number of hydrogen-bond acceptors (Lipinski definition) is 2. The second-order valence-corrected chi connectivity index (χ2v) is 4.74. The molecule has 0 amide bonds. The number of unbranched alkanes of at least 4 members (excludes halogenated alkanes) is 2. The van der Waals surface area contributed by atoms with Crippen molar-refractivity contribution in [3.63, 3.8) is 0 Å². The molecule has 2 nitrogen and oxygen atoms in total. The molecule has 0 aromatic rings. The van der Waals surface area contributed by atoms with Gasteiger partial charge in [-0.2, -0.15) is 0 Å². The molecule has 1 saturated heterocycles. The standard InChI is InChI=1S/C11H24N2/c1-4-5-6-8-13-9-7-10(12)11(13,2)3/h10H,4-9,12H2,1-3H3. The molecular formula is C11H24N2. The van der Waals surface area contributed by atoms with Gasteiger partial charge in [0.2, 0.25) is 0 Å². The van der Waals surface area contributed by atoms with Crippen LogP contribution in [-0.2, 0) is 0 Å². The zero-order valence-corrected chi connectivity index (χ0v) is 9.34. The maximum atomic E-state index is 6.07. The molecule has 1 fully saturated rings. The fraction of sp³-hybridized carbons (Fsp3) is 1.00. The zero-order chi connectivity index (χ0) is 9.90. The Morgan fingerprint density at radius 2 is 2.08 bits per heavy atom. The lowest BCUT2D eigenvalue weighted by molar-refractivity contribution is 0.160. The van der Waals surface area contributed by atoms with Crippen LogP contribution in [-0.4, -0.2) is 29.6 Å². The van der Waals surface area contributed by atoms with Gasteiger partial charge in [-0.05, 0) is 33.2 Å². The van der Waals surface area contributed by atoms with E-state index in [-0.39, 0.29) is 5.54 Å². The predicted molar refractivity (Wildman–Crippen MR) is 57.8 cm³/mol. The third-order valence-corrected chi connectivity index (χ3v) is 3.46. The van der Waals surface area contributed by atoms with Crippen molar-refractivity contribution in [3.05, 3.63) is 0 Å². The summed E-state index contributed by atoms with van der Waals surface area (Å²) >= 11 is 0. The Hall–Kier alpha value is -0.0800. The van der Waals surface area contributed by atoms with Crippen molar-refractivity contribution in [1.29, 1.82) is 0 Å². The largest absolute Gasteiger partial charge is 0.326 e. The third kappa shape index (κ3) is 2.44. The molecule has 78 valence electrons. The summed E-state index contributed by atoms with van der Waals surface area (Å²) in [6, 6.07) is 0.370. The topological polar surface area (TPSA) is 29.3 Å². The molecule has 0 saturated carbocycles. The van der Waals surface area contributed by atoms with E-state index in [1.165, 1.54) is 38.8 Å². The molecule has 0 spiro atoms. The van der Waals surface area contributed by atoms with Gasteiger partial charge in [0, 0.05) is 18.1 Å². The number of nitrogens with two attached hydrogens (primary N) is 1. The van der Waals surface area contributed by atoms with Gasteiger partial charge in [-0.25, -0.2) is 0 Å². The first-order valence-electron chi connectivity index (χ1n) is 5.59. The van der Waals surface area contributed by atoms with E-state index >= 15 is 0 Å². The first-order valence-corrected chi connectivity index (χ1v) is 5.59. The van der Waals surface area contributed by atoms with Crippen LogP contribution in [0.4, 0.5) is 0 Å². The van der Waals surface area contributed by atoms with Crippen molar-refractivity contribution in [2.24, 2.45) is 5.73 Å². The molecule has 1 aliphatic rings. The molecule has 1 unspecified atom stereocenters. The van der Waals surface area contributed by atoms with Gasteiger partial charge >= 0.3 is 0 Å². The summed E-state index contributed by atoms with van der Waals surface area (Å²) in [5.41, 5.74) is 6.30. The van der Waals surface area contributed by atoms with Gasteiger partial charge in [-0.1, -0.05) is 19.8 Å². The molecule has 1 aliphatic heterocycles. The highest BCUT2D eigenvalue weighted by Crippen LogP contribution is 2.27. The molecule has 0 radical (unpaired) electrons. The number of rotatable bonds is 4. The lowest BCUT2D eigenvalue weighted by atomic mass is 9.96. The Morgan fingerprint density at radius 3 is 2.54 bits per heavy atom. The van der Waals surface area contributed by atoms with Crippen LogP contribution in [0.1, 0.15) is 46.5 Å². The molecule has 0 aromatic heterocycles. The van der Waals surface area contributed by atoms with E-state index in [1.807, 2.05) is 0 Å². The molecule has 1 heterocycles. The first-order chi connectivity index (χ1) is 6.09. The van der Waals surface area contributed by atoms with Gasteiger partial charge in [-0.15, -0.1) is 0 Å². The second kappa shape index (κ2) is 4.43. The zero-order valence-electron chi connectivity index (χ0n) is 9.34. The average Bonchev–Trinajstić information content (AvgIpc) is 2.32. The lowest BCUT2D eigenvalue weighted by Gasteiger charge is -2.34. The Labute approximate surface area is 82.5 Å². The lowest BCUT2D eigenvalue weighted by Crippen LogP contribution is -2.48. The van der Waals surface area contributed by atoms with E-state index in [0.29, 0.717) is 6.04 Å². The fourth-order valence-electron chi connectivity index (χ4n) is 2.12. The van der Waals surface area contributed by atoms with Gasteiger partial charge in [-0.3, -0.25) is 4.90 Å². The van der Waals surface area contributed by atoms with Crippen molar-refractivity contribution in [3.8, 4) is 0 Å². The quantitative estimate of drug-likeness (QED) is 0.677. The van der Waals surface area contributed by atoms with Crippen LogP contribution in [0.25, 0.3) is 0 Å². The SMILES string of the molecule is CCCCCN1CCC(N)C1(C)C. The third-order valence-electron chi connectivity index (χ3n) is 3.46. The van der Waals surface area contributed by atoms with Gasteiger partial charge < -0.3 is 5.73 Å². The highest BCUT2D eigenvalue weighted by atomic mass is 15.2. The van der Waals surface area contributed by atoms with Crippen molar-refractivity contribution in [2.75, 3.05) is 13.1 Å². The second-order valence-electron chi connectivity index (χ2n) is 4.74. The van der Waals surface area contributed by atoms with Gasteiger partial charge in [0.25, 0.3) is 0 Å². The average molecular weight is 184 g/mol. The molecule has 1 rings (SSSR count). The van der Waals surface area contributed by atoms with Gasteiger partial charge in [0.1, 0.15) is 0 Å². The molecule has 0 aromatic carbocycles. The van der Waals surface area contributed by atoms with Crippen molar-refractivity contribution < 1.29 is 0 Å². The number of likely N-dealkylation sites (tertiary alicyclic amines) is 1. The molecule has 2 heteroatoms. The summed E-state index contributed by atoms with van der Waals surface area (Å²) in [6.07, 6.45) is 5.15. The van der Waals surface area contributed by atoms with E-state index in [9.17, 15) is 0 Å². The highest BCUT2D eigenvalue weighted by molar-refractivity contribution is 4.97. The van der Waals surface area contributed by atoms with Crippen LogP contribution in [0.15, 0.2) is 0 Å². The Morgan fingerprint density at radius 1 is 1.38 bits per heavy atom. The number of nitrogens with zero attached hydrogens (tertiary/aromatic N) is 1. The summed E-state index contributed by atoms with van der Waals surface area (Å²) in [7, 11) is 0. The molecule has 0 bridgehead atoms. The first kappa shape index (κ1) is 11.0. The fourth-order valence-corrected chi connectivity index (χ4v) is 2.12. The summed E-state index contributed by atoms with van der Waals surface area (Å²) in [6.45, 7) is 9.22. The van der Waals surface area contributed by atoms with Crippen molar-refractivity contribution in [2.45, 2.75) is 58.0 Å². The molecule has 13 heavy (non-hydrogen) atoms. The molecule has 1 atom stereocenters. The highest BCUT2D eigenvalue weighted by Gasteiger charge is 2.38. The van der Waals surface area contributed by atoms with Crippen molar-refractivity contribution >= 4 is 0 Å². The normalized spacial score (nSPS) is 28.2. The van der Waals surface area contributed by atoms with E-state index in [4.69, 9.17) is 5.73 Å². The summed E-state index contributed by atoms with van der Waals surface area (Å²) in [4.78, 5) is 2.55. The molecular weight excluding hydrogens is 160 g/mol. The van der Waals surface area contributed by atoms with E-state index < -0.39 is 0 Å². The van der Waals surface area contributed by atoms with Crippen LogP contribution in [0.5, 0.6) is 0 Å². The minimum atomic E-state index is 0.230. The minimum absolute atomic E-state index is 0.230. The maximum absolute atomic E-state index is 6.07. The maximum Gasteiger partial charge on any atom is 0.0304 e. The van der Waals surface area contributed by atoms with E-state index in [1.54, 1.807) is 0 Å². The van der Waals surface area contributed by atoms with Gasteiger partial charge in [0.05, 0.1) is 0 Å². The van der Waals surface area contributed by atoms with Crippen LogP contribution in [0.2, 0.25) is 0 Å². The van der Waals surface area contributed by atoms with Crippen LogP contribution >= 0.6 is 0 Å². The summed E-state index contributed by atoms with van der Waals surface area (Å²) in [5.74, 6) is 0. The van der Waals surface area contributed by atoms with E-state index in [2.05, 4.69) is 25.7 Å². The summed E-state index contributed by atoms with van der Waals surface area (Å²) in [5, 5.41) is 0. The predicted octanol–water partition coefficient (Wildman–Crippen LogP) is 1.99. The Kier molecular flexibility index (Phi) is 3.74. The van der Waals surface area contributed by atoms with Gasteiger partial charge in [0.15, 0.2) is 0 Å². The summed E-state index contributed by atoms with van der Waals surface area (Å²) < 4.78 is 0.